The van der Waals surface area contributed by atoms with E-state index in [4.69, 9.17) is 56.8 Å². The molecule has 8 aromatic carbocycles. The third kappa shape index (κ3) is 23.9. The molecule has 8 aromatic heterocycles. The molecule has 133 heavy (non-hydrogen) atoms. The van der Waals surface area contributed by atoms with Gasteiger partial charge in [-0.1, -0.05) is 174 Å². The molecular formula is C102H107ClN26O3S. The summed E-state index contributed by atoms with van der Waals surface area (Å²) < 4.78 is 27.7. The molecule has 19 rings (SSSR count). The molecule has 29 nitrogen and oxygen atoms in total. The fourth-order valence-electron chi connectivity index (χ4n) is 14.9. The van der Waals surface area contributed by atoms with Crippen molar-refractivity contribution in [3.8, 4) is 78.8 Å². The highest BCUT2D eigenvalue weighted by atomic mass is 35.5. The molecule has 0 atom stereocenters. The number of aryl methyl sites for hydroxylation is 9. The fraction of sp³-hybridized carbons (Fsp3) is 0.206. The van der Waals surface area contributed by atoms with Gasteiger partial charge in [0.25, 0.3) is 10.0 Å². The average molecular weight is 1810 g/mol. The molecule has 16 N–H and O–H groups in total. The molecule has 676 valence electrons. The van der Waals surface area contributed by atoms with E-state index >= 15 is 0 Å². The second-order valence-corrected chi connectivity index (χ2v) is 33.6. The van der Waals surface area contributed by atoms with Crippen LogP contribution in [0.4, 0.5) is 47.5 Å². The van der Waals surface area contributed by atoms with Gasteiger partial charge < -0.3 is 50.6 Å². The Hall–Kier alpha value is -15.5. The Balaban J connectivity index is 0.000000133. The van der Waals surface area contributed by atoms with Gasteiger partial charge in [-0.15, -0.1) is 0 Å². The predicted octanol–water partition coefficient (Wildman–Crippen LogP) is 17.9. The molecular weight excluding hydrogens is 1700 g/mol. The fourth-order valence-corrected chi connectivity index (χ4v) is 16.4. The number of para-hydroxylation sites is 1. The van der Waals surface area contributed by atoms with Gasteiger partial charge in [0, 0.05) is 127 Å². The van der Waals surface area contributed by atoms with Gasteiger partial charge >= 0.3 is 0 Å². The number of nitrogens with one attached hydrogen (secondary N) is 1. The van der Waals surface area contributed by atoms with Crippen molar-refractivity contribution in [1.82, 2.24) is 73.7 Å². The molecule has 0 bridgehead atoms. The van der Waals surface area contributed by atoms with Gasteiger partial charge in [-0.2, -0.15) is 4.98 Å². The van der Waals surface area contributed by atoms with Crippen LogP contribution < -0.4 is 45.5 Å². The first-order chi connectivity index (χ1) is 64.1. The molecule has 3 aliphatic rings. The number of halogens is 1. The minimum atomic E-state index is -3.83. The maximum atomic E-state index is 13.2. The third-order valence-electron chi connectivity index (χ3n) is 22.0. The van der Waals surface area contributed by atoms with Crippen molar-refractivity contribution >= 4 is 98.6 Å². The number of nitrogens with zero attached hydrogens (tertiary/aromatic N) is 18. The van der Waals surface area contributed by atoms with Gasteiger partial charge in [0.1, 0.15) is 5.82 Å². The van der Waals surface area contributed by atoms with Crippen molar-refractivity contribution in [2.24, 2.45) is 15.0 Å². The highest BCUT2D eigenvalue weighted by molar-refractivity contribution is 7.90. The normalized spacial score (nSPS) is 11.6. The van der Waals surface area contributed by atoms with E-state index in [9.17, 15) is 8.42 Å². The van der Waals surface area contributed by atoms with Crippen molar-refractivity contribution in [3.63, 3.8) is 0 Å². The maximum Gasteiger partial charge on any atom is 0.268 e. The topological polar surface area (TPSA) is 471 Å². The van der Waals surface area contributed by atoms with Crippen molar-refractivity contribution in [2.75, 3.05) is 52.5 Å². The minimum absolute atomic E-state index is 0.0480. The van der Waals surface area contributed by atoms with Crippen LogP contribution in [-0.4, -0.2) is 113 Å². The van der Waals surface area contributed by atoms with Crippen LogP contribution in [0.5, 0.6) is 0 Å². The van der Waals surface area contributed by atoms with Gasteiger partial charge in [0.05, 0.1) is 76.5 Å². The summed E-state index contributed by atoms with van der Waals surface area (Å²) in [5.74, 6) is 2.63. The Morgan fingerprint density at radius 3 is 1.34 bits per heavy atom. The van der Waals surface area contributed by atoms with E-state index in [0.717, 1.165) is 171 Å². The van der Waals surface area contributed by atoms with Gasteiger partial charge in [-0.25, -0.2) is 77.2 Å². The molecule has 31 heteroatoms. The molecule has 16 aromatic rings. The number of hydrogen-bond acceptors (Lipinski definition) is 28. The number of hydrogen-bond donors (Lipinski definition) is 9. The van der Waals surface area contributed by atoms with Crippen LogP contribution in [-0.2, 0) is 74.8 Å². The van der Waals surface area contributed by atoms with Crippen LogP contribution in [0.15, 0.2) is 232 Å². The van der Waals surface area contributed by atoms with Gasteiger partial charge in [-0.3, -0.25) is 15.0 Å². The number of aliphatic hydroxyl groups excluding tert-OH is 1. The van der Waals surface area contributed by atoms with E-state index in [1.807, 2.05) is 123 Å². The van der Waals surface area contributed by atoms with Crippen LogP contribution in [0.2, 0.25) is 5.02 Å². The number of rotatable bonds is 17. The Labute approximate surface area is 779 Å². The number of fused-ring (bicyclic) bond motifs is 4. The van der Waals surface area contributed by atoms with Gasteiger partial charge in [-0.05, 0) is 201 Å². The average Bonchev–Trinajstić information content (AvgIpc) is 1.60. The first kappa shape index (κ1) is 95.1. The van der Waals surface area contributed by atoms with E-state index in [0.29, 0.717) is 63.3 Å². The molecule has 0 saturated heterocycles. The van der Waals surface area contributed by atoms with Crippen LogP contribution >= 0.6 is 11.6 Å². The molecule has 0 radical (unpaired) electrons. The Kier molecular flexibility index (Phi) is 31.2. The lowest BCUT2D eigenvalue weighted by Gasteiger charge is -2.10. The molecule has 0 aliphatic carbocycles. The zero-order chi connectivity index (χ0) is 94.6. The predicted molar refractivity (Wildman–Crippen MR) is 537 cm³/mol. The van der Waals surface area contributed by atoms with Crippen molar-refractivity contribution in [3.05, 3.63) is 313 Å². The van der Waals surface area contributed by atoms with Crippen LogP contribution in [0.3, 0.4) is 0 Å². The minimum Gasteiger partial charge on any atom is -0.392 e. The van der Waals surface area contributed by atoms with E-state index in [-0.39, 0.29) is 17.5 Å². The summed E-state index contributed by atoms with van der Waals surface area (Å²) >= 11 is 5.90. The Bertz CT molecular complexity index is 7060. The van der Waals surface area contributed by atoms with Crippen molar-refractivity contribution in [2.45, 2.75) is 139 Å². The lowest BCUT2D eigenvalue weighted by atomic mass is 9.96. The molecule has 11 heterocycles. The summed E-state index contributed by atoms with van der Waals surface area (Å²) in [6, 6.07) is 65.7. The molecule has 0 unspecified atom stereocenters. The largest absolute Gasteiger partial charge is 0.392 e. The summed E-state index contributed by atoms with van der Waals surface area (Å²) in [6.07, 6.45) is 12.4. The molecule has 0 amide bonds. The van der Waals surface area contributed by atoms with Crippen molar-refractivity contribution < 1.29 is 13.5 Å². The monoisotopic (exact) mass is 1810 g/mol. The summed E-state index contributed by atoms with van der Waals surface area (Å²) in [5.41, 5.74) is 72.5. The number of aliphatic imine (C=N–C) groups is 3. The lowest BCUT2D eigenvalue weighted by Crippen LogP contribution is -2.11. The molecule has 3 aliphatic heterocycles. The zero-order valence-electron chi connectivity index (χ0n) is 76.2. The van der Waals surface area contributed by atoms with Crippen LogP contribution in [0.1, 0.15) is 137 Å². The third-order valence-corrected chi connectivity index (χ3v) is 23.9. The summed E-state index contributed by atoms with van der Waals surface area (Å²) in [7, 11) is -2.11. The Morgan fingerprint density at radius 2 is 0.812 bits per heavy atom. The van der Waals surface area contributed by atoms with E-state index in [1.165, 1.54) is 71.7 Å². The first-order valence-corrected chi connectivity index (χ1v) is 45.4. The van der Waals surface area contributed by atoms with E-state index in [1.54, 1.807) is 43.6 Å². The quantitative estimate of drug-likeness (QED) is 0.0409. The number of aliphatic hydroxyl groups is 1. The lowest BCUT2D eigenvalue weighted by molar-refractivity contribution is 0.282. The highest BCUT2D eigenvalue weighted by Crippen LogP contribution is 2.36. The number of nitrogen functional groups attached to an aromatic ring is 7. The standard InChI is InChI=1S/C19H16ClN5O2S.2C15H16N4.C14H14N4.C13H15N3O.2C13H15N3/c1-22-18-10-16(23-19(21)24-18)15-11-25(17-5-3-2-4-14(15)17)28(26,27)13-8-6-12(20)7-9-13;1-3-12-6-14(19-15(16)18-12)13-5-11-8-17-7-10(11)4-9(13)2;1-3-11-6-14(19-15(16)18-11)12-5-4-10-7-17-8-13(10)9(12)2;1-2-12-6-13(18-14(15)17-12)9-3-4-10-7-16-8-11(10)5-9;1-2-11-7-12(16-13(14)15-11)10-5-3-9(8-17)4-6-10;1-3-11-8-12(16-13(14)15-11)10-6-4-5-9(2)7-10;1-3-10-8-12(16-13(14)15-10)11-7-5-4-6-9(11)2/h2-11H,1H3,(H3,21,22,23,24);2*4-6,8H,3,7H2,1-2H3,(H2,16,18,19);3-6,8H,2,7H2,1H3,(H2,15,17,18);3-7,17H,2,8H2,1H3,(H2,14,15,16);2*4-8H,3H2,1-2H3,(H2,14,15,16). The number of nitrogens with two attached hydrogens (primary N) is 7. The smallest absolute Gasteiger partial charge is 0.268 e. The summed E-state index contributed by atoms with van der Waals surface area (Å²) in [4.78, 5) is 72.3. The second-order valence-electron chi connectivity index (χ2n) is 31.3. The number of aromatic nitrogens is 15. The number of anilines is 8. The van der Waals surface area contributed by atoms with Gasteiger partial charge in [0.2, 0.25) is 41.6 Å². The maximum absolute atomic E-state index is 13.2. The van der Waals surface area contributed by atoms with Crippen LogP contribution in [0.25, 0.3) is 89.7 Å². The van der Waals surface area contributed by atoms with Crippen molar-refractivity contribution in [1.29, 1.82) is 0 Å². The number of benzene rings is 8. The molecule has 0 fully saturated rings. The Morgan fingerprint density at radius 1 is 0.376 bits per heavy atom. The van der Waals surface area contributed by atoms with Gasteiger partial charge in [0.15, 0.2) is 0 Å². The SMILES string of the molecule is CCc1cc(-c2cc3c(cc2C)CN=C3)nc(N)n1.CCc1cc(-c2ccc(CO)cc2)nc(N)n1.CCc1cc(-c2ccc3c(c2)C=NC3)nc(N)n1.CCc1cc(-c2ccc3c(c2C)C=NC3)nc(N)n1.CCc1cc(-c2cccc(C)c2)nc(N)n1.CCc1cc(-c2ccccc2C)nc(N)n1.CNc1cc(-c2cn(S(=O)(=O)c3ccc(Cl)cc3)c3ccccc23)nc(N)n1. The van der Waals surface area contributed by atoms with E-state index < -0.39 is 10.0 Å². The first-order valence-electron chi connectivity index (χ1n) is 43.6. The molecule has 0 saturated carbocycles. The van der Waals surface area contributed by atoms with E-state index in [2.05, 4.69) is 219 Å². The van der Waals surface area contributed by atoms with Crippen LogP contribution in [0, 0.1) is 27.7 Å². The zero-order valence-corrected chi connectivity index (χ0v) is 77.7. The second kappa shape index (κ2) is 43.7. The highest BCUT2D eigenvalue weighted by Gasteiger charge is 2.24. The summed E-state index contributed by atoms with van der Waals surface area (Å²) in [5, 5.41) is 13.1. The molecule has 0 spiro atoms. The summed E-state index contributed by atoms with van der Waals surface area (Å²) in [6.45, 7) is 23.1.